The molecule has 1 amide bonds. The van der Waals surface area contributed by atoms with E-state index in [2.05, 4.69) is 10.3 Å². The van der Waals surface area contributed by atoms with E-state index in [9.17, 15) is 9.90 Å². The molecule has 0 bridgehead atoms. The summed E-state index contributed by atoms with van der Waals surface area (Å²) in [5.74, 6) is -0.276. The molecule has 0 saturated heterocycles. The minimum absolute atomic E-state index is 0.0868. The third-order valence-corrected chi connectivity index (χ3v) is 2.83. The lowest BCUT2D eigenvalue weighted by Crippen LogP contribution is -2.13. The number of phenols is 1. The topological polar surface area (TPSA) is 88.2 Å². The van der Waals surface area contributed by atoms with Gasteiger partial charge in [-0.1, -0.05) is 11.6 Å². The number of rotatable bonds is 2. The van der Waals surface area contributed by atoms with Gasteiger partial charge in [0.05, 0.1) is 17.4 Å². The fourth-order valence-corrected chi connectivity index (χ4v) is 1.68. The van der Waals surface area contributed by atoms with E-state index in [0.717, 1.165) is 5.56 Å². The van der Waals surface area contributed by atoms with Gasteiger partial charge in [-0.05, 0) is 36.8 Å². The highest BCUT2D eigenvalue weighted by Gasteiger charge is 2.12. The molecule has 0 unspecified atom stereocenters. The number of aromatic nitrogens is 1. The van der Waals surface area contributed by atoms with Crippen LogP contribution >= 0.6 is 11.6 Å². The van der Waals surface area contributed by atoms with Gasteiger partial charge in [0, 0.05) is 5.02 Å². The van der Waals surface area contributed by atoms with Gasteiger partial charge in [0.2, 0.25) is 0 Å². The third kappa shape index (κ3) is 2.95. The van der Waals surface area contributed by atoms with E-state index in [4.69, 9.17) is 17.3 Å². The van der Waals surface area contributed by atoms with Crippen molar-refractivity contribution >= 4 is 29.0 Å². The van der Waals surface area contributed by atoms with Gasteiger partial charge in [0.1, 0.15) is 11.6 Å². The Kier molecular flexibility index (Phi) is 3.57. The molecule has 0 spiro atoms. The molecule has 0 saturated carbocycles. The van der Waals surface area contributed by atoms with Gasteiger partial charge in [0.25, 0.3) is 5.91 Å². The molecule has 4 N–H and O–H groups in total. The van der Waals surface area contributed by atoms with E-state index in [1.165, 1.54) is 24.4 Å². The molecule has 0 aliphatic rings. The van der Waals surface area contributed by atoms with Crippen LogP contribution in [0.4, 0.5) is 11.5 Å². The highest BCUT2D eigenvalue weighted by molar-refractivity contribution is 6.31. The van der Waals surface area contributed by atoms with Crippen LogP contribution in [0.15, 0.2) is 30.5 Å². The molecule has 19 heavy (non-hydrogen) atoms. The number of carbonyl (C=O) groups is 1. The number of nitrogens with two attached hydrogens (primary N) is 1. The van der Waals surface area contributed by atoms with Crippen LogP contribution in [0.2, 0.25) is 5.02 Å². The van der Waals surface area contributed by atoms with Gasteiger partial charge < -0.3 is 16.2 Å². The molecule has 0 fully saturated rings. The maximum atomic E-state index is 12.0. The van der Waals surface area contributed by atoms with Gasteiger partial charge in [-0.2, -0.15) is 0 Å². The molecule has 6 heteroatoms. The van der Waals surface area contributed by atoms with Gasteiger partial charge in [-0.15, -0.1) is 0 Å². The Labute approximate surface area is 115 Å². The van der Waals surface area contributed by atoms with Gasteiger partial charge in [-0.3, -0.25) is 4.79 Å². The van der Waals surface area contributed by atoms with Crippen molar-refractivity contribution in [3.63, 3.8) is 0 Å². The van der Waals surface area contributed by atoms with Crippen LogP contribution < -0.4 is 11.1 Å². The summed E-state index contributed by atoms with van der Waals surface area (Å²) in [4.78, 5) is 16.0. The zero-order valence-electron chi connectivity index (χ0n) is 10.1. The van der Waals surface area contributed by atoms with E-state index in [1.54, 1.807) is 6.07 Å². The zero-order valence-corrected chi connectivity index (χ0v) is 10.9. The lowest BCUT2D eigenvalue weighted by molar-refractivity contribution is 0.102. The van der Waals surface area contributed by atoms with Crippen LogP contribution in [0, 0.1) is 6.92 Å². The maximum absolute atomic E-state index is 12.0. The standard InChI is InChI=1S/C13H12ClN3O2/c1-7-4-12(16-6-10(7)15)17-13(19)9-5-8(14)2-3-11(9)18/h2-6,18H,15H2,1H3,(H,16,17,19). The summed E-state index contributed by atoms with van der Waals surface area (Å²) in [5, 5.41) is 12.6. The molecular weight excluding hydrogens is 266 g/mol. The number of hydrogen-bond donors (Lipinski definition) is 3. The van der Waals surface area contributed by atoms with Crippen molar-refractivity contribution < 1.29 is 9.90 Å². The minimum Gasteiger partial charge on any atom is -0.507 e. The molecular formula is C13H12ClN3O2. The number of benzene rings is 1. The van der Waals surface area contributed by atoms with E-state index in [0.29, 0.717) is 16.5 Å². The Hall–Kier alpha value is -2.27. The van der Waals surface area contributed by atoms with E-state index < -0.39 is 5.91 Å². The number of hydrogen-bond acceptors (Lipinski definition) is 4. The first-order valence-electron chi connectivity index (χ1n) is 5.49. The Balaban J connectivity index is 2.25. The third-order valence-electron chi connectivity index (χ3n) is 2.60. The van der Waals surface area contributed by atoms with Crippen LogP contribution in [0.5, 0.6) is 5.75 Å². The second-order valence-corrected chi connectivity index (χ2v) is 4.48. The first-order chi connectivity index (χ1) is 8.97. The van der Waals surface area contributed by atoms with E-state index >= 15 is 0 Å². The predicted molar refractivity (Wildman–Crippen MR) is 74.5 cm³/mol. The van der Waals surface area contributed by atoms with Crippen LogP contribution in [0.25, 0.3) is 0 Å². The highest BCUT2D eigenvalue weighted by atomic mass is 35.5. The van der Waals surface area contributed by atoms with Gasteiger partial charge >= 0.3 is 0 Å². The molecule has 5 nitrogen and oxygen atoms in total. The largest absolute Gasteiger partial charge is 0.507 e. The number of pyridine rings is 1. The molecule has 1 heterocycles. The number of amides is 1. The van der Waals surface area contributed by atoms with E-state index in [1.807, 2.05) is 6.92 Å². The van der Waals surface area contributed by atoms with E-state index in [-0.39, 0.29) is 11.3 Å². The predicted octanol–water partition coefficient (Wildman–Crippen LogP) is 2.58. The number of phenolic OH excluding ortho intramolecular Hbond substituents is 1. The highest BCUT2D eigenvalue weighted by Crippen LogP contribution is 2.22. The molecule has 1 aromatic carbocycles. The molecule has 1 aromatic heterocycles. The molecule has 2 rings (SSSR count). The summed E-state index contributed by atoms with van der Waals surface area (Å²) < 4.78 is 0. The zero-order chi connectivity index (χ0) is 14.0. The summed E-state index contributed by atoms with van der Waals surface area (Å²) in [6.45, 7) is 1.81. The first kappa shape index (κ1) is 13.2. The Morgan fingerprint density at radius 1 is 1.42 bits per heavy atom. The minimum atomic E-state index is -0.489. The number of nitrogen functional groups attached to an aromatic ring is 1. The van der Waals surface area contributed by atoms with Crippen molar-refractivity contribution in [2.45, 2.75) is 6.92 Å². The van der Waals surface area contributed by atoms with Crippen molar-refractivity contribution in [3.05, 3.63) is 46.6 Å². The van der Waals surface area contributed by atoms with Crippen molar-refractivity contribution in [2.75, 3.05) is 11.1 Å². The summed E-state index contributed by atoms with van der Waals surface area (Å²) in [6.07, 6.45) is 1.46. The van der Waals surface area contributed by atoms with Gasteiger partial charge in [0.15, 0.2) is 0 Å². The normalized spacial score (nSPS) is 10.2. The van der Waals surface area contributed by atoms with Gasteiger partial charge in [-0.25, -0.2) is 4.98 Å². The van der Waals surface area contributed by atoms with Crippen LogP contribution in [0.3, 0.4) is 0 Å². The second kappa shape index (κ2) is 5.16. The fourth-order valence-electron chi connectivity index (χ4n) is 1.51. The van der Waals surface area contributed by atoms with Crippen molar-refractivity contribution in [2.24, 2.45) is 0 Å². The number of carbonyl (C=O) groups excluding carboxylic acids is 1. The summed E-state index contributed by atoms with van der Waals surface area (Å²) in [5.41, 5.74) is 7.08. The second-order valence-electron chi connectivity index (χ2n) is 4.04. The number of anilines is 2. The molecule has 2 aromatic rings. The molecule has 0 radical (unpaired) electrons. The molecule has 0 atom stereocenters. The number of aryl methyl sites for hydroxylation is 1. The Bertz CT molecular complexity index is 644. The monoisotopic (exact) mass is 277 g/mol. The summed E-state index contributed by atoms with van der Waals surface area (Å²) in [6, 6.07) is 5.89. The summed E-state index contributed by atoms with van der Waals surface area (Å²) in [7, 11) is 0. The quantitative estimate of drug-likeness (QED) is 0.787. The SMILES string of the molecule is Cc1cc(NC(=O)c2cc(Cl)ccc2O)ncc1N. The lowest BCUT2D eigenvalue weighted by atomic mass is 10.2. The Morgan fingerprint density at radius 3 is 2.84 bits per heavy atom. The average molecular weight is 278 g/mol. The van der Waals surface area contributed by atoms with Crippen molar-refractivity contribution in [3.8, 4) is 5.75 Å². The van der Waals surface area contributed by atoms with Crippen LogP contribution in [-0.4, -0.2) is 16.0 Å². The fraction of sp³-hybridized carbons (Fsp3) is 0.0769. The average Bonchev–Trinajstić information content (AvgIpc) is 2.36. The van der Waals surface area contributed by atoms with Crippen molar-refractivity contribution in [1.29, 1.82) is 0 Å². The Morgan fingerprint density at radius 2 is 2.16 bits per heavy atom. The first-order valence-corrected chi connectivity index (χ1v) is 5.87. The van der Waals surface area contributed by atoms with Crippen LogP contribution in [-0.2, 0) is 0 Å². The number of nitrogens with zero attached hydrogens (tertiary/aromatic N) is 1. The number of halogens is 1. The number of nitrogens with one attached hydrogen (secondary N) is 1. The molecule has 0 aliphatic carbocycles. The smallest absolute Gasteiger partial charge is 0.260 e. The number of aromatic hydroxyl groups is 1. The maximum Gasteiger partial charge on any atom is 0.260 e. The summed E-state index contributed by atoms with van der Waals surface area (Å²) >= 11 is 5.79. The van der Waals surface area contributed by atoms with Crippen LogP contribution in [0.1, 0.15) is 15.9 Å². The van der Waals surface area contributed by atoms with Crippen molar-refractivity contribution in [1.82, 2.24) is 4.98 Å². The molecule has 98 valence electrons. The lowest BCUT2D eigenvalue weighted by Gasteiger charge is -2.08. The molecule has 0 aliphatic heterocycles.